The fraction of sp³-hybridized carbons (Fsp3) is 0.524. The van der Waals surface area contributed by atoms with E-state index in [1.165, 1.54) is 55.7 Å². The lowest BCUT2D eigenvalue weighted by Gasteiger charge is -2.32. The molecule has 132 valence electrons. The Bertz CT molecular complexity index is 748. The second-order valence-corrected chi connectivity index (χ2v) is 7.66. The summed E-state index contributed by atoms with van der Waals surface area (Å²) in [7, 11) is 0. The van der Waals surface area contributed by atoms with Crippen LogP contribution in [0, 0.1) is 5.82 Å². The number of hydrogen-bond donors (Lipinski definition) is 0. The minimum atomic E-state index is -0.204. The van der Waals surface area contributed by atoms with Crippen LogP contribution in [0.3, 0.4) is 0 Å². The number of hydrogen-bond acceptors (Lipinski definition) is 3. The summed E-state index contributed by atoms with van der Waals surface area (Å²) < 4.78 is 13.3. The van der Waals surface area contributed by atoms with E-state index in [0.717, 1.165) is 29.9 Å². The first-order chi connectivity index (χ1) is 12.1. The van der Waals surface area contributed by atoms with E-state index in [4.69, 9.17) is 9.97 Å². The van der Waals surface area contributed by atoms with E-state index in [-0.39, 0.29) is 11.7 Å². The topological polar surface area (TPSA) is 29.0 Å². The van der Waals surface area contributed by atoms with Gasteiger partial charge in [0, 0.05) is 35.2 Å². The molecule has 1 aromatic carbocycles. The molecule has 3 nitrogen and oxygen atoms in total. The molecule has 25 heavy (non-hydrogen) atoms. The van der Waals surface area contributed by atoms with Crippen molar-refractivity contribution in [1.82, 2.24) is 14.9 Å². The number of aromatic nitrogens is 2. The Hall–Kier alpha value is -1.81. The second-order valence-electron chi connectivity index (χ2n) is 7.66. The molecule has 4 rings (SSSR count). The van der Waals surface area contributed by atoms with Crippen LogP contribution in [0.15, 0.2) is 24.3 Å². The molecule has 1 fully saturated rings. The molecule has 0 N–H and O–H groups in total. The van der Waals surface area contributed by atoms with Gasteiger partial charge in [-0.15, -0.1) is 0 Å². The predicted molar refractivity (Wildman–Crippen MR) is 98.1 cm³/mol. The molecule has 1 aromatic heterocycles. The summed E-state index contributed by atoms with van der Waals surface area (Å²) in [6.45, 7) is 6.73. The summed E-state index contributed by atoms with van der Waals surface area (Å²) >= 11 is 0. The Morgan fingerprint density at radius 1 is 1.08 bits per heavy atom. The van der Waals surface area contributed by atoms with Gasteiger partial charge in [-0.25, -0.2) is 14.4 Å². The Morgan fingerprint density at radius 2 is 1.80 bits per heavy atom. The molecule has 2 heterocycles. The fourth-order valence-electron chi connectivity index (χ4n) is 4.14. The Kier molecular flexibility index (Phi) is 4.55. The summed E-state index contributed by atoms with van der Waals surface area (Å²) in [5.74, 6) is 0.988. The van der Waals surface area contributed by atoms with Gasteiger partial charge in [0.05, 0.1) is 5.69 Å². The molecule has 0 bridgehead atoms. The Morgan fingerprint density at radius 3 is 2.48 bits per heavy atom. The molecule has 2 aliphatic rings. The van der Waals surface area contributed by atoms with Crippen LogP contribution in [0.2, 0.25) is 0 Å². The van der Waals surface area contributed by atoms with Gasteiger partial charge < -0.3 is 0 Å². The molecule has 1 saturated heterocycles. The Labute approximate surface area is 149 Å². The highest BCUT2D eigenvalue weighted by Gasteiger charge is 2.29. The number of rotatable bonds is 3. The van der Waals surface area contributed by atoms with Gasteiger partial charge in [-0.1, -0.05) is 13.8 Å². The minimum absolute atomic E-state index is 0.204. The number of fused-ring (bicyclic) bond motifs is 1. The number of likely N-dealkylation sites (tertiary alicyclic amines) is 1. The highest BCUT2D eigenvalue weighted by molar-refractivity contribution is 5.64. The van der Waals surface area contributed by atoms with Crippen LogP contribution in [0.25, 0.3) is 11.3 Å². The van der Waals surface area contributed by atoms with Gasteiger partial charge in [0.25, 0.3) is 0 Å². The van der Waals surface area contributed by atoms with Gasteiger partial charge in [-0.2, -0.15) is 0 Å². The van der Waals surface area contributed by atoms with Crippen LogP contribution < -0.4 is 0 Å². The first-order valence-electron chi connectivity index (χ1n) is 9.51. The van der Waals surface area contributed by atoms with Crippen LogP contribution in [-0.2, 0) is 12.8 Å². The molecule has 4 heteroatoms. The van der Waals surface area contributed by atoms with Gasteiger partial charge >= 0.3 is 0 Å². The third-order valence-corrected chi connectivity index (χ3v) is 5.56. The first kappa shape index (κ1) is 16.6. The number of benzene rings is 1. The first-order valence-corrected chi connectivity index (χ1v) is 9.51. The van der Waals surface area contributed by atoms with Gasteiger partial charge in [-0.05, 0) is 63.0 Å². The molecule has 0 radical (unpaired) electrons. The smallest absolute Gasteiger partial charge is 0.131 e. The summed E-state index contributed by atoms with van der Waals surface area (Å²) in [4.78, 5) is 12.4. The zero-order chi connectivity index (χ0) is 17.4. The lowest BCUT2D eigenvalue weighted by molar-refractivity contribution is 0.220. The zero-order valence-corrected chi connectivity index (χ0v) is 15.1. The maximum absolute atomic E-state index is 13.3. The molecular formula is C21H26FN3. The van der Waals surface area contributed by atoms with Crippen LogP contribution in [0.4, 0.5) is 4.39 Å². The van der Waals surface area contributed by atoms with Crippen LogP contribution in [0.5, 0.6) is 0 Å². The fourth-order valence-corrected chi connectivity index (χ4v) is 4.14. The van der Waals surface area contributed by atoms with E-state index < -0.39 is 0 Å². The lowest BCUT2D eigenvalue weighted by atomic mass is 9.88. The van der Waals surface area contributed by atoms with E-state index in [1.54, 1.807) is 0 Å². The second kappa shape index (κ2) is 6.83. The number of halogens is 1. The van der Waals surface area contributed by atoms with Crippen molar-refractivity contribution in [3.63, 3.8) is 0 Å². The summed E-state index contributed by atoms with van der Waals surface area (Å²) in [6.07, 6.45) is 5.86. The van der Waals surface area contributed by atoms with Gasteiger partial charge in [0.1, 0.15) is 11.6 Å². The largest absolute Gasteiger partial charge is 0.300 e. The Balaban J connectivity index is 1.74. The third-order valence-electron chi connectivity index (χ3n) is 5.56. The van der Waals surface area contributed by atoms with E-state index in [2.05, 4.69) is 18.7 Å². The highest BCUT2D eigenvalue weighted by Crippen LogP contribution is 2.33. The van der Waals surface area contributed by atoms with Crippen LogP contribution >= 0.6 is 0 Å². The minimum Gasteiger partial charge on any atom is -0.300 e. The number of nitrogens with zero attached hydrogens (tertiary/aromatic N) is 3. The average molecular weight is 339 g/mol. The summed E-state index contributed by atoms with van der Waals surface area (Å²) in [5.41, 5.74) is 4.49. The predicted octanol–water partition coefficient (Wildman–Crippen LogP) is 4.36. The van der Waals surface area contributed by atoms with Crippen molar-refractivity contribution >= 4 is 0 Å². The van der Waals surface area contributed by atoms with Crippen LogP contribution in [-0.4, -0.2) is 34.0 Å². The summed E-state index contributed by atoms with van der Waals surface area (Å²) in [5, 5.41) is 0. The van der Waals surface area contributed by atoms with Crippen molar-refractivity contribution in [2.24, 2.45) is 0 Å². The zero-order valence-electron chi connectivity index (χ0n) is 15.1. The highest BCUT2D eigenvalue weighted by atomic mass is 19.1. The van der Waals surface area contributed by atoms with Crippen molar-refractivity contribution in [2.45, 2.75) is 57.9 Å². The van der Waals surface area contributed by atoms with Gasteiger partial charge in [0.2, 0.25) is 0 Å². The molecule has 1 aliphatic carbocycles. The van der Waals surface area contributed by atoms with E-state index in [1.807, 2.05) is 12.1 Å². The molecule has 0 spiro atoms. The molecule has 1 atom stereocenters. The molecular weight excluding hydrogens is 313 g/mol. The van der Waals surface area contributed by atoms with Crippen molar-refractivity contribution < 1.29 is 4.39 Å². The third kappa shape index (κ3) is 3.32. The molecule has 0 amide bonds. The van der Waals surface area contributed by atoms with Crippen molar-refractivity contribution in [3.8, 4) is 11.3 Å². The molecule has 1 aliphatic heterocycles. The van der Waals surface area contributed by atoms with Crippen LogP contribution in [0.1, 0.15) is 56.1 Å². The maximum atomic E-state index is 13.3. The standard InChI is InChI=1S/C21H26FN3/c1-14(2)21-23-19-13-17(25-11-3-4-12-25)9-10-18(19)20(24-21)15-5-7-16(22)8-6-15/h5-8,14,17H,3-4,9-13H2,1-2H3. The van der Waals surface area contributed by atoms with E-state index >= 15 is 0 Å². The van der Waals surface area contributed by atoms with Gasteiger partial charge in [0.15, 0.2) is 0 Å². The molecule has 2 aromatic rings. The maximum Gasteiger partial charge on any atom is 0.131 e. The lowest BCUT2D eigenvalue weighted by Crippen LogP contribution is -2.38. The van der Waals surface area contributed by atoms with Crippen molar-refractivity contribution in [1.29, 1.82) is 0 Å². The quantitative estimate of drug-likeness (QED) is 0.832. The summed E-state index contributed by atoms with van der Waals surface area (Å²) in [6, 6.07) is 7.35. The van der Waals surface area contributed by atoms with Crippen molar-refractivity contribution in [2.75, 3.05) is 13.1 Å². The SMILES string of the molecule is CC(C)c1nc2c(c(-c3ccc(F)cc3)n1)CCC(N1CCCC1)C2. The molecule has 0 saturated carbocycles. The van der Waals surface area contributed by atoms with E-state index in [0.29, 0.717) is 6.04 Å². The normalized spacial score (nSPS) is 20.9. The van der Waals surface area contributed by atoms with Gasteiger partial charge in [-0.3, -0.25) is 4.90 Å². The van der Waals surface area contributed by atoms with E-state index in [9.17, 15) is 4.39 Å². The average Bonchev–Trinajstić information content (AvgIpc) is 3.15. The monoisotopic (exact) mass is 339 g/mol. The van der Waals surface area contributed by atoms with Crippen molar-refractivity contribution in [3.05, 3.63) is 47.2 Å². The molecule has 1 unspecified atom stereocenters.